The molecule has 0 saturated heterocycles. The van der Waals surface area contributed by atoms with E-state index in [4.69, 9.17) is 0 Å². The predicted molar refractivity (Wildman–Crippen MR) is 263 cm³/mol. The Bertz CT molecular complexity index is 3530. The summed E-state index contributed by atoms with van der Waals surface area (Å²) in [6.45, 7) is 4.73. The summed E-state index contributed by atoms with van der Waals surface area (Å²) < 4.78 is 2.58. The van der Waals surface area contributed by atoms with E-state index in [1.54, 1.807) is 0 Å². The Morgan fingerprint density at radius 1 is 0.344 bits per heavy atom. The topological polar surface area (TPSA) is 3.24 Å². The molecule has 12 rings (SSSR count). The van der Waals surface area contributed by atoms with Gasteiger partial charge in [-0.25, -0.2) is 0 Å². The molecule has 11 aromatic rings. The molecule has 0 aliphatic heterocycles. The van der Waals surface area contributed by atoms with Crippen LogP contribution in [0.25, 0.3) is 86.2 Å². The zero-order valence-corrected chi connectivity index (χ0v) is 34.9. The minimum atomic E-state index is -0.115. The van der Waals surface area contributed by atoms with Crippen molar-refractivity contribution in [2.24, 2.45) is 0 Å². The normalized spacial score (nSPS) is 12.9. The summed E-state index contributed by atoms with van der Waals surface area (Å²) in [5, 5.41) is 7.61. The highest BCUT2D eigenvalue weighted by molar-refractivity contribution is 7.26. The molecule has 1 aliphatic carbocycles. The second-order valence-corrected chi connectivity index (χ2v) is 18.0. The smallest absolute Gasteiger partial charge is 0.0476 e. The highest BCUT2D eigenvalue weighted by Gasteiger charge is 2.35. The maximum absolute atomic E-state index is 2.46. The van der Waals surface area contributed by atoms with Crippen LogP contribution >= 0.6 is 11.3 Å². The molecule has 1 nitrogen and oxygen atoms in total. The summed E-state index contributed by atoms with van der Waals surface area (Å²) in [6.07, 6.45) is 0. The molecule has 0 atom stereocenters. The van der Waals surface area contributed by atoms with Crippen LogP contribution in [-0.4, -0.2) is 0 Å². The molecule has 0 fully saturated rings. The van der Waals surface area contributed by atoms with Gasteiger partial charge in [-0.2, -0.15) is 0 Å². The van der Waals surface area contributed by atoms with Gasteiger partial charge in [0.2, 0.25) is 0 Å². The van der Waals surface area contributed by atoms with E-state index < -0.39 is 0 Å². The van der Waals surface area contributed by atoms with Crippen molar-refractivity contribution in [2.45, 2.75) is 19.3 Å². The van der Waals surface area contributed by atoms with Crippen LogP contribution in [0.3, 0.4) is 0 Å². The zero-order chi connectivity index (χ0) is 40.7. The molecule has 61 heavy (non-hydrogen) atoms. The van der Waals surface area contributed by atoms with Gasteiger partial charge in [-0.15, -0.1) is 11.3 Å². The monoisotopic (exact) mass is 795 g/mol. The molecule has 288 valence electrons. The first-order valence-corrected chi connectivity index (χ1v) is 22.0. The summed E-state index contributed by atoms with van der Waals surface area (Å²) in [4.78, 5) is 2.46. The van der Waals surface area contributed by atoms with Gasteiger partial charge in [0.25, 0.3) is 0 Å². The van der Waals surface area contributed by atoms with Gasteiger partial charge in [-0.05, 0) is 126 Å². The number of hydrogen-bond acceptors (Lipinski definition) is 2. The summed E-state index contributed by atoms with van der Waals surface area (Å²) in [6, 6.07) is 78.7. The first-order chi connectivity index (χ1) is 30.0. The molecule has 0 N–H and O–H groups in total. The van der Waals surface area contributed by atoms with Crippen LogP contribution in [0.4, 0.5) is 17.1 Å². The van der Waals surface area contributed by atoms with Crippen molar-refractivity contribution in [1.29, 1.82) is 0 Å². The van der Waals surface area contributed by atoms with E-state index in [0.717, 1.165) is 17.1 Å². The molecule has 0 bridgehead atoms. The average Bonchev–Trinajstić information content (AvgIpc) is 3.80. The molecular weight excluding hydrogens is 755 g/mol. The highest BCUT2D eigenvalue weighted by Crippen LogP contribution is 2.51. The van der Waals surface area contributed by atoms with Crippen LogP contribution in [0, 0.1) is 0 Å². The Morgan fingerprint density at radius 3 is 1.87 bits per heavy atom. The molecular formula is C59H41NS. The third kappa shape index (κ3) is 5.82. The molecule has 0 spiro atoms. The second-order valence-electron chi connectivity index (χ2n) is 16.9. The van der Waals surface area contributed by atoms with Gasteiger partial charge in [0.15, 0.2) is 0 Å². The van der Waals surface area contributed by atoms with Gasteiger partial charge in [-0.3, -0.25) is 0 Å². The lowest BCUT2D eigenvalue weighted by molar-refractivity contribution is 0.660. The molecule has 1 aromatic heterocycles. The minimum Gasteiger partial charge on any atom is -0.310 e. The lowest BCUT2D eigenvalue weighted by atomic mass is 9.82. The number of nitrogens with zero attached hydrogens (tertiary/aromatic N) is 1. The van der Waals surface area contributed by atoms with E-state index in [1.807, 2.05) is 11.3 Å². The SMILES string of the molecule is CC1(C)c2ccccc2-c2ccc(N(c3cccc(-c4cccc5ccccc45)c3)c3ccc4c(c3)sc3c(-c5cccc(-c6ccc7ccccc7c6)c5)cccc34)cc21. The lowest BCUT2D eigenvalue weighted by Crippen LogP contribution is -2.16. The third-order valence-corrected chi connectivity index (χ3v) is 14.2. The lowest BCUT2D eigenvalue weighted by Gasteiger charge is -2.28. The van der Waals surface area contributed by atoms with Crippen molar-refractivity contribution in [3.63, 3.8) is 0 Å². The Kier molecular flexibility index (Phi) is 8.13. The molecule has 10 aromatic carbocycles. The van der Waals surface area contributed by atoms with Crippen LogP contribution in [0.1, 0.15) is 25.0 Å². The van der Waals surface area contributed by atoms with E-state index >= 15 is 0 Å². The maximum atomic E-state index is 2.46. The fraction of sp³-hybridized carbons (Fsp3) is 0.0508. The van der Waals surface area contributed by atoms with Gasteiger partial charge in [0, 0.05) is 42.6 Å². The van der Waals surface area contributed by atoms with Crippen molar-refractivity contribution in [1.82, 2.24) is 0 Å². The van der Waals surface area contributed by atoms with Gasteiger partial charge < -0.3 is 4.90 Å². The summed E-state index contributed by atoms with van der Waals surface area (Å²) >= 11 is 1.89. The van der Waals surface area contributed by atoms with Crippen LogP contribution in [0.5, 0.6) is 0 Å². The number of hydrogen-bond donors (Lipinski definition) is 0. The molecule has 0 radical (unpaired) electrons. The average molecular weight is 796 g/mol. The van der Waals surface area contributed by atoms with Gasteiger partial charge in [0.1, 0.15) is 0 Å². The Labute approximate surface area is 360 Å². The van der Waals surface area contributed by atoms with E-state index in [-0.39, 0.29) is 5.41 Å². The van der Waals surface area contributed by atoms with Crippen LogP contribution < -0.4 is 4.90 Å². The van der Waals surface area contributed by atoms with Crippen molar-refractivity contribution in [3.05, 3.63) is 223 Å². The van der Waals surface area contributed by atoms with Gasteiger partial charge in [0.05, 0.1) is 0 Å². The van der Waals surface area contributed by atoms with Crippen LogP contribution in [-0.2, 0) is 5.41 Å². The van der Waals surface area contributed by atoms with Crippen molar-refractivity contribution in [3.8, 4) is 44.5 Å². The first-order valence-electron chi connectivity index (χ1n) is 21.2. The van der Waals surface area contributed by atoms with Crippen LogP contribution in [0.15, 0.2) is 212 Å². The van der Waals surface area contributed by atoms with Crippen LogP contribution in [0.2, 0.25) is 0 Å². The number of anilines is 3. The molecule has 2 heteroatoms. The minimum absolute atomic E-state index is 0.115. The Morgan fingerprint density at radius 2 is 0.951 bits per heavy atom. The van der Waals surface area contributed by atoms with Crippen molar-refractivity contribution in [2.75, 3.05) is 4.90 Å². The summed E-state index contributed by atoms with van der Waals surface area (Å²) in [5.74, 6) is 0. The van der Waals surface area contributed by atoms with E-state index in [1.165, 1.54) is 97.4 Å². The number of benzene rings is 10. The quantitative estimate of drug-likeness (QED) is 0.162. The first kappa shape index (κ1) is 35.7. The fourth-order valence-corrected chi connectivity index (χ4v) is 11.2. The van der Waals surface area contributed by atoms with E-state index in [9.17, 15) is 0 Å². The van der Waals surface area contributed by atoms with E-state index in [0.29, 0.717) is 0 Å². The standard InChI is InChI=1S/C59H41NS/c1-59(2)55-26-8-7-22-51(55)52-31-29-46(36-56(52)59)60(45-20-10-19-44(35-45)49-23-11-16-39-14-5-6-21-48(39)49)47-30-32-53-54-25-12-24-50(58(54)61-57(53)37-47)43-18-9-17-41(34-43)42-28-27-38-13-3-4-15-40(38)33-42/h3-37H,1-2H3. The predicted octanol–water partition coefficient (Wildman–Crippen LogP) is 17.1. The maximum Gasteiger partial charge on any atom is 0.0476 e. The summed E-state index contributed by atoms with van der Waals surface area (Å²) in [5.41, 5.74) is 16.1. The van der Waals surface area contributed by atoms with Crippen molar-refractivity contribution < 1.29 is 0 Å². The van der Waals surface area contributed by atoms with Crippen molar-refractivity contribution >= 4 is 70.1 Å². The molecule has 0 amide bonds. The molecule has 1 aliphatic rings. The number of rotatable bonds is 6. The number of thiophene rings is 1. The third-order valence-electron chi connectivity index (χ3n) is 13.0. The molecule has 0 saturated carbocycles. The Balaban J connectivity index is 1.01. The van der Waals surface area contributed by atoms with Gasteiger partial charge in [-0.1, -0.05) is 178 Å². The fourth-order valence-electron chi connectivity index (χ4n) is 9.96. The highest BCUT2D eigenvalue weighted by atomic mass is 32.1. The largest absolute Gasteiger partial charge is 0.310 e. The molecule has 0 unspecified atom stereocenters. The Hall–Kier alpha value is -7.26. The summed E-state index contributed by atoms with van der Waals surface area (Å²) in [7, 11) is 0. The van der Waals surface area contributed by atoms with Gasteiger partial charge >= 0.3 is 0 Å². The second kappa shape index (κ2) is 13.9. The zero-order valence-electron chi connectivity index (χ0n) is 34.1. The molecule has 1 heterocycles. The van der Waals surface area contributed by atoms with E-state index in [2.05, 4.69) is 231 Å². The number of fused-ring (bicyclic) bond motifs is 8.